The number of aliphatic hydroxyl groups excluding tert-OH is 1. The van der Waals surface area contributed by atoms with Crippen molar-refractivity contribution in [3.8, 4) is 11.8 Å². The van der Waals surface area contributed by atoms with Crippen LogP contribution in [0.1, 0.15) is 22.3 Å². The van der Waals surface area contributed by atoms with Gasteiger partial charge in [0.2, 0.25) is 11.8 Å². The van der Waals surface area contributed by atoms with Crippen LogP contribution < -0.4 is 5.32 Å². The first-order valence-electron chi connectivity index (χ1n) is 6.42. The largest absolute Gasteiger partial charge is 0.395 e. The van der Waals surface area contributed by atoms with Gasteiger partial charge in [0.1, 0.15) is 13.1 Å². The molecule has 21 heavy (non-hydrogen) atoms. The van der Waals surface area contributed by atoms with E-state index < -0.39 is 11.8 Å². The minimum atomic E-state index is -0.480. The molecule has 1 aliphatic heterocycles. The Balaban J connectivity index is 2.08. The van der Waals surface area contributed by atoms with Gasteiger partial charge in [0.05, 0.1) is 6.61 Å². The molecule has 0 unspecified atom stereocenters. The van der Waals surface area contributed by atoms with Gasteiger partial charge in [-0.05, 0) is 24.3 Å². The second-order valence-corrected chi connectivity index (χ2v) is 4.49. The van der Waals surface area contributed by atoms with E-state index in [-0.39, 0.29) is 25.6 Å². The van der Waals surface area contributed by atoms with Crippen LogP contribution in [0.4, 0.5) is 0 Å². The van der Waals surface area contributed by atoms with E-state index in [0.29, 0.717) is 12.0 Å². The molecule has 2 N–H and O–H groups in total. The van der Waals surface area contributed by atoms with Crippen LogP contribution in [0.2, 0.25) is 0 Å². The summed E-state index contributed by atoms with van der Waals surface area (Å²) in [6, 6.07) is 6.57. The van der Waals surface area contributed by atoms with Crippen molar-refractivity contribution in [1.82, 2.24) is 10.2 Å². The summed E-state index contributed by atoms with van der Waals surface area (Å²) < 4.78 is 0. The Bertz CT molecular complexity index is 609. The van der Waals surface area contributed by atoms with Crippen molar-refractivity contribution < 1.29 is 19.5 Å². The van der Waals surface area contributed by atoms with Crippen LogP contribution in [0, 0.1) is 11.8 Å². The van der Waals surface area contributed by atoms with Gasteiger partial charge in [-0.15, -0.1) is 0 Å². The molecule has 1 saturated heterocycles. The second kappa shape index (κ2) is 6.68. The van der Waals surface area contributed by atoms with E-state index in [0.717, 1.165) is 5.56 Å². The molecule has 0 saturated carbocycles. The van der Waals surface area contributed by atoms with Crippen LogP contribution in [-0.2, 0) is 9.59 Å². The number of nitrogens with zero attached hydrogens (tertiary/aromatic N) is 1. The molecule has 2 rings (SSSR count). The van der Waals surface area contributed by atoms with E-state index in [1.165, 1.54) is 4.90 Å². The first-order chi connectivity index (χ1) is 10.1. The normalized spacial score (nSPS) is 14.2. The van der Waals surface area contributed by atoms with E-state index in [1.54, 1.807) is 24.3 Å². The van der Waals surface area contributed by atoms with Crippen molar-refractivity contribution in [2.45, 2.75) is 6.42 Å². The number of carbonyl (C=O) groups is 3. The minimum Gasteiger partial charge on any atom is -0.395 e. The lowest BCUT2D eigenvalue weighted by Gasteiger charge is -2.25. The molecule has 1 aromatic rings. The molecular formula is C15H14N2O4. The number of carbonyl (C=O) groups excluding carboxylic acids is 3. The molecule has 1 aromatic carbocycles. The fourth-order valence-electron chi connectivity index (χ4n) is 1.88. The quantitative estimate of drug-likeness (QED) is 0.568. The zero-order chi connectivity index (χ0) is 15.2. The third kappa shape index (κ3) is 3.91. The van der Waals surface area contributed by atoms with Crippen molar-refractivity contribution >= 4 is 17.7 Å². The van der Waals surface area contributed by atoms with Crippen molar-refractivity contribution in [2.75, 3.05) is 19.7 Å². The van der Waals surface area contributed by atoms with Crippen molar-refractivity contribution in [3.63, 3.8) is 0 Å². The maximum absolute atomic E-state index is 12.2. The Hall–Kier alpha value is -2.65. The number of hydrogen-bond donors (Lipinski definition) is 2. The fourth-order valence-corrected chi connectivity index (χ4v) is 1.88. The van der Waals surface area contributed by atoms with Gasteiger partial charge in [0.25, 0.3) is 5.91 Å². The summed E-state index contributed by atoms with van der Waals surface area (Å²) in [5, 5.41) is 10.8. The van der Waals surface area contributed by atoms with Crippen molar-refractivity contribution in [2.24, 2.45) is 0 Å². The van der Waals surface area contributed by atoms with Crippen LogP contribution >= 0.6 is 0 Å². The first kappa shape index (κ1) is 14.8. The molecular weight excluding hydrogens is 272 g/mol. The van der Waals surface area contributed by atoms with E-state index in [9.17, 15) is 14.4 Å². The molecule has 0 radical (unpaired) electrons. The number of rotatable bonds is 2. The lowest BCUT2D eigenvalue weighted by atomic mass is 10.1. The Morgan fingerprint density at radius 3 is 2.38 bits per heavy atom. The van der Waals surface area contributed by atoms with Crippen LogP contribution in [0.3, 0.4) is 0 Å². The van der Waals surface area contributed by atoms with Crippen LogP contribution in [0.15, 0.2) is 24.3 Å². The fraction of sp³-hybridized carbons (Fsp3) is 0.267. The highest BCUT2D eigenvalue weighted by atomic mass is 16.3. The van der Waals surface area contributed by atoms with Gasteiger partial charge in [0.15, 0.2) is 0 Å². The number of hydrogen-bond acceptors (Lipinski definition) is 4. The average Bonchev–Trinajstić information content (AvgIpc) is 2.46. The van der Waals surface area contributed by atoms with E-state index in [1.807, 2.05) is 0 Å². The number of piperazine rings is 1. The highest BCUT2D eigenvalue weighted by molar-refractivity contribution is 6.05. The standard InChI is InChI=1S/C15H14N2O4/c18-8-2-1-3-11-4-6-12(7-5-11)15(21)17-9-13(19)16-14(20)10-17/h4-7,18H,2,8-10H2,(H,16,19,20). The zero-order valence-electron chi connectivity index (χ0n) is 11.3. The van der Waals surface area contributed by atoms with Gasteiger partial charge in [0, 0.05) is 17.5 Å². The van der Waals surface area contributed by atoms with E-state index in [2.05, 4.69) is 17.2 Å². The molecule has 6 nitrogen and oxygen atoms in total. The SMILES string of the molecule is O=C1CN(C(=O)c2ccc(C#CCCO)cc2)CC(=O)N1. The summed E-state index contributed by atoms with van der Waals surface area (Å²) >= 11 is 0. The monoisotopic (exact) mass is 286 g/mol. The molecule has 6 heteroatoms. The minimum absolute atomic E-state index is 0.00855. The molecule has 1 fully saturated rings. The Morgan fingerprint density at radius 2 is 1.81 bits per heavy atom. The van der Waals surface area contributed by atoms with Crippen LogP contribution in [0.25, 0.3) is 0 Å². The van der Waals surface area contributed by atoms with Crippen LogP contribution in [0.5, 0.6) is 0 Å². The highest BCUT2D eigenvalue weighted by Gasteiger charge is 2.26. The predicted molar refractivity (Wildman–Crippen MR) is 74.1 cm³/mol. The summed E-state index contributed by atoms with van der Waals surface area (Å²) in [5.41, 5.74) is 1.12. The molecule has 0 bridgehead atoms. The van der Waals surface area contributed by atoms with Crippen molar-refractivity contribution in [3.05, 3.63) is 35.4 Å². The Morgan fingerprint density at radius 1 is 1.19 bits per heavy atom. The van der Waals surface area contributed by atoms with Crippen LogP contribution in [-0.4, -0.2) is 47.4 Å². The topological polar surface area (TPSA) is 86.7 Å². The van der Waals surface area contributed by atoms with Gasteiger partial charge in [-0.2, -0.15) is 0 Å². The molecule has 108 valence electrons. The molecule has 0 aromatic heterocycles. The molecule has 0 aliphatic carbocycles. The lowest BCUT2D eigenvalue weighted by molar-refractivity contribution is -0.135. The number of imide groups is 1. The number of nitrogens with one attached hydrogen (secondary N) is 1. The lowest BCUT2D eigenvalue weighted by Crippen LogP contribution is -2.53. The summed E-state index contributed by atoms with van der Waals surface area (Å²) in [5.74, 6) is 4.31. The first-order valence-corrected chi connectivity index (χ1v) is 6.42. The smallest absolute Gasteiger partial charge is 0.254 e. The maximum Gasteiger partial charge on any atom is 0.254 e. The average molecular weight is 286 g/mol. The summed E-state index contributed by atoms with van der Waals surface area (Å²) in [7, 11) is 0. The molecule has 0 spiro atoms. The third-order valence-electron chi connectivity index (χ3n) is 2.84. The summed E-state index contributed by atoms with van der Waals surface area (Å²) in [4.78, 5) is 35.9. The van der Waals surface area contributed by atoms with E-state index >= 15 is 0 Å². The number of benzene rings is 1. The van der Waals surface area contributed by atoms with Gasteiger partial charge >= 0.3 is 0 Å². The van der Waals surface area contributed by atoms with Gasteiger partial charge in [-0.1, -0.05) is 11.8 Å². The molecule has 1 aliphatic rings. The Labute approximate surface area is 121 Å². The van der Waals surface area contributed by atoms with Gasteiger partial charge in [-0.3, -0.25) is 19.7 Å². The predicted octanol–water partition coefficient (Wildman–Crippen LogP) is -0.481. The van der Waals surface area contributed by atoms with Crippen molar-refractivity contribution in [1.29, 1.82) is 0 Å². The van der Waals surface area contributed by atoms with Gasteiger partial charge < -0.3 is 10.0 Å². The molecule has 1 heterocycles. The third-order valence-corrected chi connectivity index (χ3v) is 2.84. The highest BCUT2D eigenvalue weighted by Crippen LogP contribution is 2.08. The van der Waals surface area contributed by atoms with E-state index in [4.69, 9.17) is 5.11 Å². The molecule has 3 amide bonds. The zero-order valence-corrected chi connectivity index (χ0v) is 11.3. The molecule has 0 atom stereocenters. The number of amides is 3. The maximum atomic E-state index is 12.2. The summed E-state index contributed by atoms with van der Waals surface area (Å²) in [6.07, 6.45) is 0.395. The van der Waals surface area contributed by atoms with Gasteiger partial charge in [-0.25, -0.2) is 0 Å². The summed E-state index contributed by atoms with van der Waals surface area (Å²) in [6.45, 7) is -0.236. The Kier molecular flexibility index (Phi) is 4.69. The number of aliphatic hydroxyl groups is 1. The second-order valence-electron chi connectivity index (χ2n) is 4.49.